The maximum absolute atomic E-state index is 12.4. The molecule has 1 aliphatic rings. The average molecular weight is 372 g/mol. The van der Waals surface area contributed by atoms with Crippen LogP contribution in [0.1, 0.15) is 30.1 Å². The van der Waals surface area contributed by atoms with E-state index in [4.69, 9.17) is 0 Å². The molecule has 2 N–H and O–H groups in total. The number of rotatable bonds is 4. The van der Waals surface area contributed by atoms with Crippen molar-refractivity contribution in [2.75, 3.05) is 19.6 Å². The summed E-state index contributed by atoms with van der Waals surface area (Å²) in [5.74, 6) is -0.0401. The maximum atomic E-state index is 12.4. The number of hydrogen-bond donors (Lipinski definition) is 2. The molecule has 132 valence electrons. The van der Waals surface area contributed by atoms with E-state index in [-0.39, 0.29) is 36.1 Å². The fourth-order valence-electron chi connectivity index (χ4n) is 2.73. The molecule has 0 bridgehead atoms. The first kappa shape index (κ1) is 20.4. The number of amides is 1. The van der Waals surface area contributed by atoms with Crippen molar-refractivity contribution < 1.29 is 4.79 Å². The second-order valence-corrected chi connectivity index (χ2v) is 6.13. The Labute approximate surface area is 154 Å². The van der Waals surface area contributed by atoms with E-state index in [1.165, 1.54) is 6.33 Å². The lowest BCUT2D eigenvalue weighted by molar-refractivity contribution is 0.0922. The fourth-order valence-corrected chi connectivity index (χ4v) is 2.73. The summed E-state index contributed by atoms with van der Waals surface area (Å²) in [5.41, 5.74) is 1.66. The zero-order valence-electron chi connectivity index (χ0n) is 13.6. The van der Waals surface area contributed by atoms with Crippen LogP contribution in [0.2, 0.25) is 0 Å². The summed E-state index contributed by atoms with van der Waals surface area (Å²) in [6.07, 6.45) is 5.27. The Balaban J connectivity index is 0.00000144. The molecule has 1 saturated heterocycles. The van der Waals surface area contributed by atoms with Gasteiger partial charge < -0.3 is 10.6 Å². The average Bonchev–Trinajstić information content (AvgIpc) is 3.08. The Morgan fingerprint density at radius 2 is 2.08 bits per heavy atom. The summed E-state index contributed by atoms with van der Waals surface area (Å²) in [4.78, 5) is 16.3. The quantitative estimate of drug-likeness (QED) is 0.864. The standard InChI is InChI=1S/C16H21N5O.2ClH/c1-16(5-7-17-8-6-16)10-19-15(22)13-3-2-4-14(9-13)21-12-18-11-20-21;;/h2-4,9,11-12,17H,5-8,10H2,1H3,(H,19,22);2*1H. The van der Waals surface area contributed by atoms with Crippen LogP contribution in [0.3, 0.4) is 0 Å². The molecule has 1 aromatic carbocycles. The lowest BCUT2D eigenvalue weighted by Gasteiger charge is -2.34. The molecule has 8 heteroatoms. The Hall–Kier alpha value is -1.63. The van der Waals surface area contributed by atoms with Crippen molar-refractivity contribution in [3.8, 4) is 5.69 Å². The van der Waals surface area contributed by atoms with Crippen molar-refractivity contribution in [3.05, 3.63) is 42.5 Å². The van der Waals surface area contributed by atoms with Gasteiger partial charge in [0.2, 0.25) is 0 Å². The number of nitrogens with zero attached hydrogens (tertiary/aromatic N) is 3. The summed E-state index contributed by atoms with van der Waals surface area (Å²) >= 11 is 0. The smallest absolute Gasteiger partial charge is 0.251 e. The highest BCUT2D eigenvalue weighted by Gasteiger charge is 2.27. The van der Waals surface area contributed by atoms with Crippen LogP contribution in [0.5, 0.6) is 0 Å². The van der Waals surface area contributed by atoms with Crippen molar-refractivity contribution in [1.82, 2.24) is 25.4 Å². The molecule has 2 aromatic rings. The SMILES string of the molecule is CC1(CNC(=O)c2cccc(-n3cncn3)c2)CCNCC1.Cl.Cl. The van der Waals surface area contributed by atoms with E-state index in [0.29, 0.717) is 12.1 Å². The number of piperidine rings is 1. The molecule has 1 amide bonds. The highest BCUT2D eigenvalue weighted by Crippen LogP contribution is 2.26. The van der Waals surface area contributed by atoms with Gasteiger partial charge in [0, 0.05) is 12.1 Å². The van der Waals surface area contributed by atoms with Crippen molar-refractivity contribution in [3.63, 3.8) is 0 Å². The first-order chi connectivity index (χ1) is 10.7. The van der Waals surface area contributed by atoms with Crippen LogP contribution in [0.25, 0.3) is 5.69 Å². The molecule has 2 heterocycles. The fraction of sp³-hybridized carbons (Fsp3) is 0.438. The van der Waals surface area contributed by atoms with Crippen LogP contribution in [-0.4, -0.2) is 40.3 Å². The molecule has 0 unspecified atom stereocenters. The number of carbonyl (C=O) groups is 1. The minimum absolute atomic E-state index is 0. The predicted octanol–water partition coefficient (Wildman–Crippen LogP) is 2.23. The normalized spacial score (nSPS) is 15.7. The molecular formula is C16H23Cl2N5O. The van der Waals surface area contributed by atoms with E-state index in [1.807, 2.05) is 24.3 Å². The van der Waals surface area contributed by atoms with Gasteiger partial charge in [0.1, 0.15) is 12.7 Å². The van der Waals surface area contributed by atoms with Crippen LogP contribution in [0.15, 0.2) is 36.9 Å². The topological polar surface area (TPSA) is 71.8 Å². The van der Waals surface area contributed by atoms with Gasteiger partial charge in [-0.1, -0.05) is 13.0 Å². The highest BCUT2D eigenvalue weighted by atomic mass is 35.5. The number of nitrogens with one attached hydrogen (secondary N) is 2. The second-order valence-electron chi connectivity index (χ2n) is 6.13. The molecular weight excluding hydrogens is 349 g/mol. The first-order valence-electron chi connectivity index (χ1n) is 7.60. The molecule has 3 rings (SSSR count). The molecule has 0 aliphatic carbocycles. The van der Waals surface area contributed by atoms with Crippen LogP contribution in [0, 0.1) is 5.41 Å². The monoisotopic (exact) mass is 371 g/mol. The van der Waals surface area contributed by atoms with Crippen molar-refractivity contribution >= 4 is 30.7 Å². The largest absolute Gasteiger partial charge is 0.351 e. The molecule has 24 heavy (non-hydrogen) atoms. The maximum Gasteiger partial charge on any atom is 0.251 e. The Kier molecular flexibility index (Phi) is 7.66. The number of halogens is 2. The van der Waals surface area contributed by atoms with Crippen LogP contribution in [0.4, 0.5) is 0 Å². The van der Waals surface area contributed by atoms with Crippen LogP contribution >= 0.6 is 24.8 Å². The Bertz CT molecular complexity index is 642. The number of aromatic nitrogens is 3. The summed E-state index contributed by atoms with van der Waals surface area (Å²) in [5, 5.41) is 10.5. The summed E-state index contributed by atoms with van der Waals surface area (Å²) < 4.78 is 1.64. The van der Waals surface area contributed by atoms with Crippen LogP contribution in [-0.2, 0) is 0 Å². The van der Waals surface area contributed by atoms with Crippen molar-refractivity contribution in [2.24, 2.45) is 5.41 Å². The van der Waals surface area contributed by atoms with Crippen molar-refractivity contribution in [2.45, 2.75) is 19.8 Å². The molecule has 1 aliphatic heterocycles. The summed E-state index contributed by atoms with van der Waals surface area (Å²) in [6.45, 7) is 4.99. The van der Waals surface area contributed by atoms with E-state index in [9.17, 15) is 4.79 Å². The minimum atomic E-state index is -0.0401. The zero-order valence-corrected chi connectivity index (χ0v) is 15.2. The molecule has 1 aromatic heterocycles. The predicted molar refractivity (Wildman–Crippen MR) is 98.4 cm³/mol. The molecule has 0 atom stereocenters. The van der Waals surface area contributed by atoms with E-state index < -0.39 is 0 Å². The molecule has 0 saturated carbocycles. The molecule has 6 nitrogen and oxygen atoms in total. The van der Waals surface area contributed by atoms with E-state index in [0.717, 1.165) is 31.6 Å². The van der Waals surface area contributed by atoms with E-state index in [1.54, 1.807) is 11.0 Å². The van der Waals surface area contributed by atoms with Gasteiger partial charge in [-0.15, -0.1) is 24.8 Å². The minimum Gasteiger partial charge on any atom is -0.351 e. The summed E-state index contributed by atoms with van der Waals surface area (Å²) in [7, 11) is 0. The lowest BCUT2D eigenvalue weighted by atomic mass is 9.81. The third kappa shape index (κ3) is 4.93. The Morgan fingerprint density at radius 3 is 2.75 bits per heavy atom. The van der Waals surface area contributed by atoms with Crippen LogP contribution < -0.4 is 10.6 Å². The lowest BCUT2D eigenvalue weighted by Crippen LogP contribution is -2.42. The molecule has 1 fully saturated rings. The highest BCUT2D eigenvalue weighted by molar-refractivity contribution is 5.94. The van der Waals surface area contributed by atoms with Gasteiger partial charge >= 0.3 is 0 Å². The summed E-state index contributed by atoms with van der Waals surface area (Å²) in [6, 6.07) is 7.41. The van der Waals surface area contributed by atoms with Crippen molar-refractivity contribution in [1.29, 1.82) is 0 Å². The number of hydrogen-bond acceptors (Lipinski definition) is 4. The third-order valence-electron chi connectivity index (χ3n) is 4.28. The Morgan fingerprint density at radius 1 is 1.33 bits per heavy atom. The molecule has 0 spiro atoms. The van der Waals surface area contributed by atoms with Gasteiger partial charge in [-0.05, 0) is 49.5 Å². The zero-order chi connectivity index (χ0) is 15.4. The second kappa shape index (κ2) is 9.01. The number of carbonyl (C=O) groups excluding carboxylic acids is 1. The van der Waals surface area contributed by atoms with Gasteiger partial charge in [-0.25, -0.2) is 9.67 Å². The van der Waals surface area contributed by atoms with Gasteiger partial charge in [-0.2, -0.15) is 5.10 Å². The third-order valence-corrected chi connectivity index (χ3v) is 4.28. The van der Waals surface area contributed by atoms with E-state index in [2.05, 4.69) is 27.6 Å². The van der Waals surface area contributed by atoms with Gasteiger partial charge in [0.05, 0.1) is 5.69 Å². The molecule has 0 radical (unpaired) electrons. The van der Waals surface area contributed by atoms with E-state index >= 15 is 0 Å². The van der Waals surface area contributed by atoms with Gasteiger partial charge in [0.15, 0.2) is 0 Å². The number of benzene rings is 1. The van der Waals surface area contributed by atoms with Gasteiger partial charge in [-0.3, -0.25) is 4.79 Å². The van der Waals surface area contributed by atoms with Gasteiger partial charge in [0.25, 0.3) is 5.91 Å². The first-order valence-corrected chi connectivity index (χ1v) is 7.60.